The average Bonchev–Trinajstić information content (AvgIpc) is 2.83. The van der Waals surface area contributed by atoms with E-state index in [-0.39, 0.29) is 23.9 Å². The number of piperidine rings is 1. The van der Waals surface area contributed by atoms with E-state index < -0.39 is 22.0 Å². The number of benzene rings is 1. The fourth-order valence-corrected chi connectivity index (χ4v) is 6.86. The van der Waals surface area contributed by atoms with Crippen molar-refractivity contribution in [3.63, 3.8) is 0 Å². The molecule has 0 bridgehead atoms. The highest BCUT2D eigenvalue weighted by Gasteiger charge is 2.38. The number of rotatable bonds is 12. The third-order valence-corrected chi connectivity index (χ3v) is 9.11. The lowest BCUT2D eigenvalue weighted by Gasteiger charge is -2.42. The van der Waals surface area contributed by atoms with Crippen molar-refractivity contribution < 1.29 is 23.1 Å². The monoisotopic (exact) mass is 492 g/mol. The van der Waals surface area contributed by atoms with Crippen LogP contribution in [0.4, 0.5) is 0 Å². The van der Waals surface area contributed by atoms with Crippen LogP contribution in [-0.4, -0.2) is 50.2 Å². The summed E-state index contributed by atoms with van der Waals surface area (Å²) in [6.45, 7) is 4.06. The zero-order valence-corrected chi connectivity index (χ0v) is 21.2. The summed E-state index contributed by atoms with van der Waals surface area (Å²) in [5.74, 6) is -0.911. The molecule has 1 aromatic rings. The fourth-order valence-electron chi connectivity index (χ4n) is 5.42. The number of hydrogen-bond donors (Lipinski definition) is 3. The molecule has 1 saturated carbocycles. The minimum atomic E-state index is -3.60. The minimum Gasteiger partial charge on any atom is -0.480 e. The van der Waals surface area contributed by atoms with Gasteiger partial charge in [0.25, 0.3) is 0 Å². The third-order valence-electron chi connectivity index (χ3n) is 7.64. The summed E-state index contributed by atoms with van der Waals surface area (Å²) in [5, 5.41) is 12.9. The second-order valence-electron chi connectivity index (χ2n) is 10.2. The largest absolute Gasteiger partial charge is 0.480 e. The summed E-state index contributed by atoms with van der Waals surface area (Å²) >= 11 is 0. The number of aliphatic carboxylic acids is 1. The second kappa shape index (κ2) is 12.3. The number of carboxylic acids is 1. The summed E-state index contributed by atoms with van der Waals surface area (Å²) in [6, 6.07) is 6.52. The van der Waals surface area contributed by atoms with Gasteiger partial charge in [-0.2, -0.15) is 0 Å². The van der Waals surface area contributed by atoms with Gasteiger partial charge in [0.2, 0.25) is 10.0 Å². The van der Waals surface area contributed by atoms with Gasteiger partial charge in [0.15, 0.2) is 5.78 Å². The van der Waals surface area contributed by atoms with Crippen LogP contribution in [0.1, 0.15) is 87.1 Å². The van der Waals surface area contributed by atoms with Gasteiger partial charge in [-0.25, -0.2) is 13.1 Å². The lowest BCUT2D eigenvalue weighted by molar-refractivity contribution is -0.139. The topological polar surface area (TPSA) is 113 Å². The summed E-state index contributed by atoms with van der Waals surface area (Å²) in [6.07, 6.45) is 9.18. The number of carbonyl (C=O) groups excluding carboxylic acids is 1. The molecule has 34 heavy (non-hydrogen) atoms. The predicted molar refractivity (Wildman–Crippen MR) is 133 cm³/mol. The van der Waals surface area contributed by atoms with Gasteiger partial charge in [0.05, 0.1) is 5.75 Å². The first-order valence-corrected chi connectivity index (χ1v) is 14.5. The Balaban J connectivity index is 1.52. The van der Waals surface area contributed by atoms with E-state index >= 15 is 0 Å². The molecule has 1 heterocycles. The highest BCUT2D eigenvalue weighted by molar-refractivity contribution is 7.89. The molecule has 1 unspecified atom stereocenters. The van der Waals surface area contributed by atoms with Gasteiger partial charge < -0.3 is 10.4 Å². The fraction of sp³-hybridized carbons (Fsp3) is 0.692. The molecule has 1 aromatic carbocycles. The molecule has 1 atom stereocenters. The molecule has 190 valence electrons. The molecule has 1 aliphatic carbocycles. The van der Waals surface area contributed by atoms with Crippen LogP contribution in [0.15, 0.2) is 24.3 Å². The van der Waals surface area contributed by atoms with Crippen molar-refractivity contribution in [2.24, 2.45) is 11.3 Å². The molecule has 0 radical (unpaired) electrons. The predicted octanol–water partition coefficient (Wildman–Crippen LogP) is 3.92. The number of sulfonamides is 1. The van der Waals surface area contributed by atoms with Crippen LogP contribution >= 0.6 is 0 Å². The lowest BCUT2D eigenvalue weighted by atomic mass is 9.65. The molecular weight excluding hydrogens is 452 g/mol. The van der Waals surface area contributed by atoms with E-state index in [1.54, 1.807) is 0 Å². The number of carboxylic acid groups (broad SMARTS) is 1. The van der Waals surface area contributed by atoms with Crippen molar-refractivity contribution in [2.75, 3.05) is 18.8 Å². The van der Waals surface area contributed by atoms with Crippen LogP contribution in [0.5, 0.6) is 0 Å². The highest BCUT2D eigenvalue weighted by Crippen LogP contribution is 2.45. The molecule has 7 nitrogen and oxygen atoms in total. The van der Waals surface area contributed by atoms with Gasteiger partial charge in [-0.3, -0.25) is 9.59 Å². The first-order chi connectivity index (χ1) is 16.2. The Morgan fingerprint density at radius 1 is 1.15 bits per heavy atom. The van der Waals surface area contributed by atoms with Gasteiger partial charge in [-0.15, -0.1) is 0 Å². The average molecular weight is 493 g/mol. The Morgan fingerprint density at radius 3 is 2.50 bits per heavy atom. The highest BCUT2D eigenvalue weighted by atomic mass is 32.2. The smallest absolute Gasteiger partial charge is 0.321 e. The van der Waals surface area contributed by atoms with Crippen LogP contribution in [0, 0.1) is 11.3 Å². The van der Waals surface area contributed by atoms with Gasteiger partial charge in [0, 0.05) is 11.5 Å². The molecule has 2 aliphatic rings. The van der Waals surface area contributed by atoms with E-state index in [4.69, 9.17) is 0 Å². The molecular formula is C26H40N2O5S. The molecule has 0 amide bonds. The number of Topliss-reactive ketones (excluding diaryl/α,β-unsaturated/α-hetero) is 1. The molecule has 3 N–H and O–H groups in total. The first-order valence-electron chi connectivity index (χ1n) is 12.8. The third kappa shape index (κ3) is 7.62. The number of aryl methyl sites for hydroxylation is 1. The number of hydrogen-bond acceptors (Lipinski definition) is 5. The molecule has 1 aliphatic heterocycles. The Bertz CT molecular complexity index is 930. The Hall–Kier alpha value is -1.77. The lowest BCUT2D eigenvalue weighted by Crippen LogP contribution is -2.41. The summed E-state index contributed by atoms with van der Waals surface area (Å²) in [5.41, 5.74) is 2.15. The maximum Gasteiger partial charge on any atom is 0.321 e. The van der Waals surface area contributed by atoms with Crippen LogP contribution in [0.3, 0.4) is 0 Å². The van der Waals surface area contributed by atoms with Crippen LogP contribution < -0.4 is 10.0 Å². The quantitative estimate of drug-likeness (QED) is 0.381. The maximum atomic E-state index is 13.2. The van der Waals surface area contributed by atoms with Crippen LogP contribution in [0.2, 0.25) is 0 Å². The normalized spacial score (nSPS) is 19.7. The van der Waals surface area contributed by atoms with Crippen molar-refractivity contribution in [3.05, 3.63) is 35.4 Å². The minimum absolute atomic E-state index is 0.0589. The van der Waals surface area contributed by atoms with Crippen molar-refractivity contribution in [1.82, 2.24) is 10.0 Å². The number of carbonyl (C=O) groups is 2. The zero-order valence-electron chi connectivity index (χ0n) is 20.4. The molecule has 2 fully saturated rings. The molecule has 8 heteroatoms. The van der Waals surface area contributed by atoms with E-state index in [1.807, 2.05) is 31.2 Å². The molecule has 1 spiro atoms. The first kappa shape index (κ1) is 26.8. The number of nitrogens with one attached hydrogen (secondary N) is 2. The molecule has 0 aromatic heterocycles. The van der Waals surface area contributed by atoms with E-state index in [0.717, 1.165) is 56.3 Å². The van der Waals surface area contributed by atoms with Crippen molar-refractivity contribution in [2.45, 2.75) is 83.6 Å². The SMILES string of the molecule is CCCCS(=O)(=O)NC(CCCc1cccc(C(=O)C2CCC3(CCNCC3)CC2)c1)C(=O)O. The Kier molecular flexibility index (Phi) is 9.68. The molecule has 3 rings (SSSR count). The van der Waals surface area contributed by atoms with Gasteiger partial charge in [-0.05, 0) is 94.3 Å². The summed E-state index contributed by atoms with van der Waals surface area (Å²) in [4.78, 5) is 24.7. The van der Waals surface area contributed by atoms with Crippen LogP contribution in [-0.2, 0) is 21.2 Å². The molecule has 1 saturated heterocycles. The zero-order chi connectivity index (χ0) is 24.6. The van der Waals surface area contributed by atoms with E-state index in [1.165, 1.54) is 12.8 Å². The van der Waals surface area contributed by atoms with Gasteiger partial charge in [0.1, 0.15) is 6.04 Å². The van der Waals surface area contributed by atoms with Crippen molar-refractivity contribution in [1.29, 1.82) is 0 Å². The van der Waals surface area contributed by atoms with E-state index in [9.17, 15) is 23.1 Å². The Labute approximate surface area is 204 Å². The standard InChI is InChI=1S/C26H40N2O5S/c1-2-3-18-34(32,33)28-23(25(30)31)9-5-7-20-6-4-8-22(19-20)24(29)21-10-12-26(13-11-21)14-16-27-17-15-26/h4,6,8,19,21,23,27-28H,2-3,5,7,9-18H2,1H3,(H,30,31). The summed E-state index contributed by atoms with van der Waals surface area (Å²) < 4.78 is 26.5. The Morgan fingerprint density at radius 2 is 1.85 bits per heavy atom. The second-order valence-corrected chi connectivity index (χ2v) is 12.0. The summed E-state index contributed by atoms with van der Waals surface area (Å²) in [7, 11) is -3.60. The van der Waals surface area contributed by atoms with Crippen molar-refractivity contribution >= 4 is 21.8 Å². The van der Waals surface area contributed by atoms with Gasteiger partial charge >= 0.3 is 5.97 Å². The van der Waals surface area contributed by atoms with E-state index in [2.05, 4.69) is 10.0 Å². The van der Waals surface area contributed by atoms with Gasteiger partial charge in [-0.1, -0.05) is 31.5 Å². The maximum absolute atomic E-state index is 13.2. The van der Waals surface area contributed by atoms with Crippen LogP contribution in [0.25, 0.3) is 0 Å². The van der Waals surface area contributed by atoms with Crippen molar-refractivity contribution in [3.8, 4) is 0 Å². The number of unbranched alkanes of at least 4 members (excludes halogenated alkanes) is 1. The number of ketones is 1. The van der Waals surface area contributed by atoms with E-state index in [0.29, 0.717) is 24.7 Å².